The third-order valence-corrected chi connectivity index (χ3v) is 4.28. The minimum Gasteiger partial charge on any atom is -0.497 e. The molecule has 0 unspecified atom stereocenters. The smallest absolute Gasteiger partial charge is 0.234 e. The number of amides is 1. The summed E-state index contributed by atoms with van der Waals surface area (Å²) in [6.45, 7) is 7.44. The van der Waals surface area contributed by atoms with Crippen LogP contribution in [0.2, 0.25) is 0 Å². The van der Waals surface area contributed by atoms with Crippen LogP contribution in [-0.4, -0.2) is 44.7 Å². The molecule has 0 saturated carbocycles. The van der Waals surface area contributed by atoms with E-state index >= 15 is 0 Å². The van der Waals surface area contributed by atoms with Crippen molar-refractivity contribution in [2.24, 2.45) is 11.8 Å². The van der Waals surface area contributed by atoms with Gasteiger partial charge in [0.25, 0.3) is 0 Å². The topological polar surface area (TPSA) is 50.8 Å². The summed E-state index contributed by atoms with van der Waals surface area (Å²) in [5.41, 5.74) is 0.946. The molecule has 1 saturated heterocycles. The van der Waals surface area contributed by atoms with E-state index in [4.69, 9.17) is 9.47 Å². The number of nitrogens with one attached hydrogen (secondary N) is 1. The lowest BCUT2D eigenvalue weighted by Gasteiger charge is -2.34. The zero-order chi connectivity index (χ0) is 16.8. The highest BCUT2D eigenvalue weighted by atomic mass is 16.5. The molecule has 128 valence electrons. The summed E-state index contributed by atoms with van der Waals surface area (Å²) in [4.78, 5) is 14.5. The molecule has 0 bridgehead atoms. The number of carbonyl (C=O) groups is 1. The molecule has 1 aliphatic heterocycles. The van der Waals surface area contributed by atoms with Gasteiger partial charge in [-0.15, -0.1) is 0 Å². The first-order chi connectivity index (χ1) is 11.0. The van der Waals surface area contributed by atoms with Crippen LogP contribution in [0, 0.1) is 11.8 Å². The average Bonchev–Trinajstić information content (AvgIpc) is 2.51. The highest BCUT2D eigenvalue weighted by molar-refractivity contribution is 5.78. The van der Waals surface area contributed by atoms with Crippen LogP contribution in [-0.2, 0) is 11.3 Å². The Labute approximate surface area is 139 Å². The van der Waals surface area contributed by atoms with Crippen LogP contribution in [0.5, 0.6) is 11.5 Å². The largest absolute Gasteiger partial charge is 0.497 e. The average molecular weight is 320 g/mol. The zero-order valence-electron chi connectivity index (χ0n) is 14.6. The van der Waals surface area contributed by atoms with Gasteiger partial charge in [0.15, 0.2) is 0 Å². The van der Waals surface area contributed by atoms with Crippen LogP contribution in [0.25, 0.3) is 0 Å². The predicted molar refractivity (Wildman–Crippen MR) is 90.8 cm³/mol. The number of benzene rings is 1. The summed E-state index contributed by atoms with van der Waals surface area (Å²) in [6, 6.07) is 5.62. The number of methoxy groups -OCH3 is 2. The molecule has 5 nitrogen and oxygen atoms in total. The van der Waals surface area contributed by atoms with E-state index in [1.54, 1.807) is 14.2 Å². The number of carbonyl (C=O) groups excluding carboxylic acids is 1. The van der Waals surface area contributed by atoms with Crippen molar-refractivity contribution in [3.63, 3.8) is 0 Å². The molecular formula is C18H28N2O3. The van der Waals surface area contributed by atoms with Crippen molar-refractivity contribution in [1.82, 2.24) is 10.2 Å². The number of rotatable bonds is 6. The molecule has 2 atom stereocenters. The van der Waals surface area contributed by atoms with Gasteiger partial charge in [-0.05, 0) is 30.4 Å². The lowest BCUT2D eigenvalue weighted by molar-refractivity contribution is -0.123. The van der Waals surface area contributed by atoms with Gasteiger partial charge in [0.1, 0.15) is 11.5 Å². The fraction of sp³-hybridized carbons (Fsp3) is 0.611. The Hall–Kier alpha value is -1.75. The van der Waals surface area contributed by atoms with Crippen LogP contribution >= 0.6 is 0 Å². The molecule has 1 amide bonds. The van der Waals surface area contributed by atoms with Crippen molar-refractivity contribution < 1.29 is 14.3 Å². The molecule has 1 aliphatic rings. The van der Waals surface area contributed by atoms with Crippen molar-refractivity contribution in [2.45, 2.75) is 26.8 Å². The Bertz CT molecular complexity index is 523. The highest BCUT2D eigenvalue weighted by Gasteiger charge is 2.23. The minimum atomic E-state index is 0.0594. The number of ether oxygens (including phenoxy) is 2. The maximum Gasteiger partial charge on any atom is 0.234 e. The SMILES string of the molecule is COc1ccc(CNC(=O)CN2C[C@@H](C)C[C@H](C)C2)c(OC)c1. The molecule has 1 fully saturated rings. The molecular weight excluding hydrogens is 292 g/mol. The summed E-state index contributed by atoms with van der Waals surface area (Å²) < 4.78 is 10.5. The number of likely N-dealkylation sites (tertiary alicyclic amines) is 1. The molecule has 23 heavy (non-hydrogen) atoms. The maximum absolute atomic E-state index is 12.2. The van der Waals surface area contributed by atoms with Crippen LogP contribution in [0.3, 0.4) is 0 Å². The Kier molecular flexibility index (Phi) is 6.28. The molecule has 0 aromatic heterocycles. The van der Waals surface area contributed by atoms with Gasteiger partial charge < -0.3 is 14.8 Å². The van der Waals surface area contributed by atoms with E-state index in [-0.39, 0.29) is 5.91 Å². The molecule has 1 aromatic rings. The second-order valence-corrected chi connectivity index (χ2v) is 6.59. The van der Waals surface area contributed by atoms with Gasteiger partial charge in [0.2, 0.25) is 5.91 Å². The van der Waals surface area contributed by atoms with Crippen LogP contribution in [0.1, 0.15) is 25.8 Å². The quantitative estimate of drug-likeness (QED) is 0.874. The second-order valence-electron chi connectivity index (χ2n) is 6.59. The van der Waals surface area contributed by atoms with Gasteiger partial charge >= 0.3 is 0 Å². The van der Waals surface area contributed by atoms with Gasteiger partial charge in [-0.2, -0.15) is 0 Å². The number of nitrogens with zero attached hydrogens (tertiary/aromatic N) is 1. The van der Waals surface area contributed by atoms with Gasteiger partial charge in [0.05, 0.1) is 20.8 Å². The Balaban J connectivity index is 1.87. The Morgan fingerprint density at radius 3 is 2.52 bits per heavy atom. The van der Waals surface area contributed by atoms with E-state index in [0.717, 1.165) is 30.2 Å². The second kappa shape index (κ2) is 8.20. The van der Waals surface area contributed by atoms with Gasteiger partial charge in [0, 0.05) is 31.3 Å². The number of hydrogen-bond acceptors (Lipinski definition) is 4. The molecule has 2 rings (SSSR count). The van der Waals surface area contributed by atoms with Crippen LogP contribution in [0.15, 0.2) is 18.2 Å². The molecule has 1 N–H and O–H groups in total. The van der Waals surface area contributed by atoms with Crippen molar-refractivity contribution in [3.8, 4) is 11.5 Å². The van der Waals surface area contributed by atoms with E-state index < -0.39 is 0 Å². The molecule has 0 spiro atoms. The lowest BCUT2D eigenvalue weighted by atomic mass is 9.92. The maximum atomic E-state index is 12.2. The summed E-state index contributed by atoms with van der Waals surface area (Å²) in [6.07, 6.45) is 1.25. The number of piperidine rings is 1. The van der Waals surface area contributed by atoms with E-state index in [0.29, 0.717) is 24.9 Å². The summed E-state index contributed by atoms with van der Waals surface area (Å²) in [7, 11) is 3.24. The first-order valence-electron chi connectivity index (χ1n) is 8.21. The summed E-state index contributed by atoms with van der Waals surface area (Å²) in [5, 5.41) is 2.99. The molecule has 0 radical (unpaired) electrons. The standard InChI is InChI=1S/C18H28N2O3/c1-13-7-14(2)11-20(10-13)12-18(21)19-9-15-5-6-16(22-3)8-17(15)23-4/h5-6,8,13-14H,7,9-12H2,1-4H3,(H,19,21)/t13-,14-/m0/s1. The lowest BCUT2D eigenvalue weighted by Crippen LogP contribution is -2.44. The summed E-state index contributed by atoms with van der Waals surface area (Å²) >= 11 is 0. The van der Waals surface area contributed by atoms with Gasteiger partial charge in [-0.1, -0.05) is 13.8 Å². The van der Waals surface area contributed by atoms with Crippen molar-refractivity contribution in [2.75, 3.05) is 33.9 Å². The predicted octanol–water partition coefficient (Wildman–Crippen LogP) is 2.30. The molecule has 1 aromatic carbocycles. The zero-order valence-corrected chi connectivity index (χ0v) is 14.6. The fourth-order valence-corrected chi connectivity index (χ4v) is 3.37. The third-order valence-electron chi connectivity index (χ3n) is 4.28. The van der Waals surface area contributed by atoms with Gasteiger partial charge in [-0.25, -0.2) is 0 Å². The Morgan fingerprint density at radius 2 is 1.91 bits per heavy atom. The van der Waals surface area contributed by atoms with E-state index in [9.17, 15) is 4.79 Å². The van der Waals surface area contributed by atoms with Crippen molar-refractivity contribution in [1.29, 1.82) is 0 Å². The van der Waals surface area contributed by atoms with Crippen LogP contribution in [0.4, 0.5) is 0 Å². The molecule has 1 heterocycles. The fourth-order valence-electron chi connectivity index (χ4n) is 3.37. The van der Waals surface area contributed by atoms with E-state index in [2.05, 4.69) is 24.1 Å². The third kappa shape index (κ3) is 5.13. The normalized spacial score (nSPS) is 21.7. The number of hydrogen-bond donors (Lipinski definition) is 1. The van der Waals surface area contributed by atoms with E-state index in [1.807, 2.05) is 18.2 Å². The van der Waals surface area contributed by atoms with Gasteiger partial charge in [-0.3, -0.25) is 9.69 Å². The van der Waals surface area contributed by atoms with Crippen molar-refractivity contribution in [3.05, 3.63) is 23.8 Å². The van der Waals surface area contributed by atoms with Crippen LogP contribution < -0.4 is 14.8 Å². The summed E-state index contributed by atoms with van der Waals surface area (Å²) in [5.74, 6) is 2.85. The molecule has 0 aliphatic carbocycles. The van der Waals surface area contributed by atoms with Crippen molar-refractivity contribution >= 4 is 5.91 Å². The highest BCUT2D eigenvalue weighted by Crippen LogP contribution is 2.24. The first-order valence-corrected chi connectivity index (χ1v) is 8.21. The van der Waals surface area contributed by atoms with E-state index in [1.165, 1.54) is 6.42 Å². The Morgan fingerprint density at radius 1 is 1.22 bits per heavy atom. The minimum absolute atomic E-state index is 0.0594. The molecule has 5 heteroatoms. The first kappa shape index (κ1) is 17.6. The monoisotopic (exact) mass is 320 g/mol.